The molecule has 5 nitrogen and oxygen atoms in total. The van der Waals surface area contributed by atoms with Crippen LogP contribution >= 0.6 is 0 Å². The molecule has 0 amide bonds. The van der Waals surface area contributed by atoms with E-state index in [2.05, 4.69) is 17.0 Å². The van der Waals surface area contributed by atoms with Gasteiger partial charge in [-0.2, -0.15) is 0 Å². The molecule has 0 radical (unpaired) electrons. The summed E-state index contributed by atoms with van der Waals surface area (Å²) in [5.41, 5.74) is 7.91. The number of methoxy groups -OCH3 is 1. The molecule has 3 N–H and O–H groups in total. The molecular weight excluding hydrogens is 352 g/mol. The van der Waals surface area contributed by atoms with Gasteiger partial charge < -0.3 is 20.5 Å². The molecule has 1 saturated heterocycles. The molecule has 5 heteroatoms. The van der Waals surface area contributed by atoms with Crippen LogP contribution < -0.4 is 5.73 Å². The zero-order valence-corrected chi connectivity index (χ0v) is 16.5. The van der Waals surface area contributed by atoms with Crippen molar-refractivity contribution < 1.29 is 14.6 Å². The van der Waals surface area contributed by atoms with Crippen molar-refractivity contribution in [2.75, 3.05) is 26.7 Å². The van der Waals surface area contributed by atoms with Crippen molar-refractivity contribution in [3.8, 4) is 5.75 Å². The van der Waals surface area contributed by atoms with Crippen LogP contribution in [0.3, 0.4) is 0 Å². The van der Waals surface area contributed by atoms with Crippen LogP contribution in [0.4, 0.5) is 0 Å². The second kappa shape index (κ2) is 9.22. The van der Waals surface area contributed by atoms with Gasteiger partial charge in [0.15, 0.2) is 0 Å². The molecule has 0 spiro atoms. The average molecular weight is 383 g/mol. The molecule has 150 valence electrons. The summed E-state index contributed by atoms with van der Waals surface area (Å²) in [7, 11) is 1.48. The fourth-order valence-corrected chi connectivity index (χ4v) is 4.18. The summed E-state index contributed by atoms with van der Waals surface area (Å²) >= 11 is 0. The second-order valence-corrected chi connectivity index (χ2v) is 7.83. The molecule has 1 unspecified atom stereocenters. The molecule has 0 bridgehead atoms. The number of aromatic hydroxyl groups is 1. The van der Waals surface area contributed by atoms with E-state index in [9.17, 15) is 9.90 Å². The number of hydrogen-bond acceptors (Lipinski definition) is 5. The lowest BCUT2D eigenvalue weighted by atomic mass is 9.73. The van der Waals surface area contributed by atoms with Gasteiger partial charge in [0.2, 0.25) is 0 Å². The van der Waals surface area contributed by atoms with Gasteiger partial charge in [-0.15, -0.1) is 0 Å². The lowest BCUT2D eigenvalue weighted by Gasteiger charge is -2.40. The van der Waals surface area contributed by atoms with Crippen LogP contribution in [0, 0.1) is 5.41 Å². The molecule has 1 aliphatic heterocycles. The maximum absolute atomic E-state index is 12.6. The number of esters is 1. The van der Waals surface area contributed by atoms with E-state index < -0.39 is 5.41 Å². The highest BCUT2D eigenvalue weighted by Gasteiger charge is 2.42. The first-order chi connectivity index (χ1) is 13.5. The third kappa shape index (κ3) is 4.91. The lowest BCUT2D eigenvalue weighted by molar-refractivity contribution is -0.156. The van der Waals surface area contributed by atoms with Crippen molar-refractivity contribution in [3.05, 3.63) is 65.7 Å². The van der Waals surface area contributed by atoms with E-state index in [1.54, 1.807) is 6.07 Å². The predicted molar refractivity (Wildman–Crippen MR) is 110 cm³/mol. The Labute approximate surface area is 167 Å². The van der Waals surface area contributed by atoms with E-state index >= 15 is 0 Å². The quantitative estimate of drug-likeness (QED) is 0.720. The maximum Gasteiger partial charge on any atom is 0.312 e. The van der Waals surface area contributed by atoms with Gasteiger partial charge in [0, 0.05) is 12.6 Å². The first-order valence-electron chi connectivity index (χ1n) is 9.89. The summed E-state index contributed by atoms with van der Waals surface area (Å²) in [5.74, 6) is 0.179. The summed E-state index contributed by atoms with van der Waals surface area (Å²) in [6.45, 7) is 2.38. The first-order valence-corrected chi connectivity index (χ1v) is 9.89. The van der Waals surface area contributed by atoms with Crippen LogP contribution in [0.5, 0.6) is 5.75 Å². The predicted octanol–water partition coefficient (Wildman–Crippen LogP) is 2.76. The summed E-state index contributed by atoms with van der Waals surface area (Å²) < 4.78 is 5.16. The molecule has 28 heavy (non-hydrogen) atoms. The number of benzene rings is 2. The van der Waals surface area contributed by atoms with Crippen molar-refractivity contribution >= 4 is 5.97 Å². The average Bonchev–Trinajstić information content (AvgIpc) is 2.71. The fourth-order valence-electron chi connectivity index (χ4n) is 4.18. The number of phenolic OH excluding ortho intramolecular Hbond substituents is 1. The summed E-state index contributed by atoms with van der Waals surface area (Å²) in [6, 6.07) is 17.4. The SMILES string of the molecule is COC(=O)C1(Cc2ccccc2)CCN(CC(N)Cc2ccccc2O)CC1. The number of carbonyl (C=O) groups excluding carboxylic acids is 1. The number of phenols is 1. The first kappa shape index (κ1) is 20.4. The van der Waals surface area contributed by atoms with Crippen LogP contribution in [0.15, 0.2) is 54.6 Å². The zero-order valence-electron chi connectivity index (χ0n) is 16.5. The number of carbonyl (C=O) groups is 1. The van der Waals surface area contributed by atoms with Crippen molar-refractivity contribution in [2.45, 2.75) is 31.7 Å². The molecule has 2 aromatic rings. The minimum Gasteiger partial charge on any atom is -0.508 e. The number of nitrogens with zero attached hydrogens (tertiary/aromatic N) is 1. The molecule has 2 aromatic carbocycles. The molecule has 3 rings (SSSR count). The number of para-hydroxylation sites is 1. The van der Waals surface area contributed by atoms with Crippen LogP contribution in [0.1, 0.15) is 24.0 Å². The second-order valence-electron chi connectivity index (χ2n) is 7.83. The number of hydrogen-bond donors (Lipinski definition) is 2. The monoisotopic (exact) mass is 382 g/mol. The van der Waals surface area contributed by atoms with Gasteiger partial charge in [-0.05, 0) is 56.0 Å². The molecule has 0 aliphatic carbocycles. The van der Waals surface area contributed by atoms with Crippen molar-refractivity contribution in [3.63, 3.8) is 0 Å². The number of rotatable bonds is 7. The number of likely N-dealkylation sites (tertiary alicyclic amines) is 1. The molecule has 1 heterocycles. The summed E-state index contributed by atoms with van der Waals surface area (Å²) in [5, 5.41) is 9.94. The minimum absolute atomic E-state index is 0.0620. The van der Waals surface area contributed by atoms with E-state index in [0.29, 0.717) is 18.6 Å². The van der Waals surface area contributed by atoms with E-state index in [0.717, 1.165) is 43.6 Å². The maximum atomic E-state index is 12.6. The standard InChI is InChI=1S/C23H30N2O3/c1-28-22(27)23(16-18-7-3-2-4-8-18)11-13-25(14-12-23)17-20(24)15-19-9-5-6-10-21(19)26/h2-10,20,26H,11-17,24H2,1H3. The van der Waals surface area contributed by atoms with Gasteiger partial charge in [0.1, 0.15) is 5.75 Å². The van der Waals surface area contributed by atoms with Gasteiger partial charge in [0.05, 0.1) is 12.5 Å². The van der Waals surface area contributed by atoms with Crippen LogP contribution in [-0.2, 0) is 22.4 Å². The Morgan fingerprint density at radius 2 is 1.79 bits per heavy atom. The smallest absolute Gasteiger partial charge is 0.312 e. The van der Waals surface area contributed by atoms with Crippen molar-refractivity contribution in [2.24, 2.45) is 11.1 Å². The van der Waals surface area contributed by atoms with Crippen LogP contribution in [-0.4, -0.2) is 48.8 Å². The number of piperidine rings is 1. The Morgan fingerprint density at radius 3 is 2.43 bits per heavy atom. The van der Waals surface area contributed by atoms with Gasteiger partial charge in [0.25, 0.3) is 0 Å². The molecule has 1 fully saturated rings. The van der Waals surface area contributed by atoms with Gasteiger partial charge in [-0.1, -0.05) is 48.5 Å². The minimum atomic E-state index is -0.464. The van der Waals surface area contributed by atoms with Crippen LogP contribution in [0.2, 0.25) is 0 Å². The van der Waals surface area contributed by atoms with E-state index in [1.807, 2.05) is 36.4 Å². The largest absolute Gasteiger partial charge is 0.508 e. The molecule has 1 atom stereocenters. The van der Waals surface area contributed by atoms with Gasteiger partial charge >= 0.3 is 5.97 Å². The molecule has 0 aromatic heterocycles. The zero-order chi connectivity index (χ0) is 20.0. The normalized spacial score (nSPS) is 17.8. The van der Waals surface area contributed by atoms with E-state index in [-0.39, 0.29) is 12.0 Å². The highest BCUT2D eigenvalue weighted by molar-refractivity contribution is 5.77. The lowest BCUT2D eigenvalue weighted by Crippen LogP contribution is -2.49. The third-order valence-corrected chi connectivity index (χ3v) is 5.78. The van der Waals surface area contributed by atoms with Crippen LogP contribution in [0.25, 0.3) is 0 Å². The Bertz CT molecular complexity index is 770. The van der Waals surface area contributed by atoms with E-state index in [1.165, 1.54) is 7.11 Å². The van der Waals surface area contributed by atoms with Crippen molar-refractivity contribution in [1.29, 1.82) is 0 Å². The fraction of sp³-hybridized carbons (Fsp3) is 0.435. The molecule has 1 aliphatic rings. The topological polar surface area (TPSA) is 75.8 Å². The highest BCUT2D eigenvalue weighted by atomic mass is 16.5. The number of ether oxygens (including phenoxy) is 1. The summed E-state index contributed by atoms with van der Waals surface area (Å²) in [6.07, 6.45) is 2.86. The number of nitrogens with two attached hydrogens (primary N) is 1. The third-order valence-electron chi connectivity index (χ3n) is 5.78. The van der Waals surface area contributed by atoms with E-state index in [4.69, 9.17) is 10.5 Å². The summed E-state index contributed by atoms with van der Waals surface area (Å²) in [4.78, 5) is 14.9. The van der Waals surface area contributed by atoms with Gasteiger partial charge in [-0.25, -0.2) is 0 Å². The molecule has 0 saturated carbocycles. The Kier molecular flexibility index (Phi) is 6.70. The Morgan fingerprint density at radius 1 is 1.14 bits per heavy atom. The Balaban J connectivity index is 1.59. The highest BCUT2D eigenvalue weighted by Crippen LogP contribution is 2.36. The van der Waals surface area contributed by atoms with Gasteiger partial charge in [-0.3, -0.25) is 4.79 Å². The molecular formula is C23H30N2O3. The van der Waals surface area contributed by atoms with Crippen molar-refractivity contribution in [1.82, 2.24) is 4.90 Å². The Hall–Kier alpha value is -2.37.